The molecular formula is C13H21ClN2. The van der Waals surface area contributed by atoms with Crippen LogP contribution in [0.25, 0.3) is 0 Å². The largest absolute Gasteiger partial charge is 0.313 e. The summed E-state index contributed by atoms with van der Waals surface area (Å²) in [6.07, 6.45) is 7.14. The molecule has 0 aromatic carbocycles. The molecule has 90 valence electrons. The molecule has 0 radical (unpaired) electrons. The second-order valence-electron chi connectivity index (χ2n) is 4.37. The summed E-state index contributed by atoms with van der Waals surface area (Å²) in [4.78, 5) is 4.02. The van der Waals surface area contributed by atoms with Crippen molar-refractivity contribution in [1.82, 2.24) is 10.3 Å². The quantitative estimate of drug-likeness (QED) is 0.818. The van der Waals surface area contributed by atoms with Gasteiger partial charge in [-0.15, -0.1) is 0 Å². The van der Waals surface area contributed by atoms with Crippen molar-refractivity contribution in [2.75, 3.05) is 7.05 Å². The van der Waals surface area contributed by atoms with E-state index in [1.165, 1.54) is 12.8 Å². The van der Waals surface area contributed by atoms with Crippen LogP contribution >= 0.6 is 11.6 Å². The van der Waals surface area contributed by atoms with Gasteiger partial charge in [0.2, 0.25) is 0 Å². The van der Waals surface area contributed by atoms with Gasteiger partial charge >= 0.3 is 0 Å². The highest BCUT2D eigenvalue weighted by Crippen LogP contribution is 2.27. The van der Waals surface area contributed by atoms with Crippen LogP contribution < -0.4 is 5.32 Å². The summed E-state index contributed by atoms with van der Waals surface area (Å²) in [6, 6.07) is 2.33. The summed E-state index contributed by atoms with van der Waals surface area (Å²) in [7, 11) is 1.99. The fourth-order valence-electron chi connectivity index (χ4n) is 2.08. The molecule has 0 saturated carbocycles. The molecule has 2 atom stereocenters. The molecule has 1 N–H and O–H groups in total. The molecule has 0 fully saturated rings. The Morgan fingerprint density at radius 2 is 2.25 bits per heavy atom. The first-order valence-corrected chi connectivity index (χ1v) is 6.33. The molecule has 1 aromatic heterocycles. The molecule has 2 nitrogen and oxygen atoms in total. The van der Waals surface area contributed by atoms with Gasteiger partial charge in [0.25, 0.3) is 0 Å². The monoisotopic (exact) mass is 240 g/mol. The number of hydrogen-bond donors (Lipinski definition) is 1. The number of aromatic nitrogens is 1. The van der Waals surface area contributed by atoms with Gasteiger partial charge in [-0.1, -0.05) is 38.3 Å². The van der Waals surface area contributed by atoms with Crippen LogP contribution in [0.4, 0.5) is 0 Å². The maximum Gasteiger partial charge on any atom is 0.0637 e. The maximum absolute atomic E-state index is 6.16. The van der Waals surface area contributed by atoms with Crippen molar-refractivity contribution in [3.8, 4) is 0 Å². The van der Waals surface area contributed by atoms with Gasteiger partial charge in [0.05, 0.1) is 5.02 Å². The van der Waals surface area contributed by atoms with Gasteiger partial charge in [0.15, 0.2) is 0 Å². The third kappa shape index (κ3) is 3.76. The SMILES string of the molecule is CCCC(C)CC(NC)c1ccncc1Cl. The highest BCUT2D eigenvalue weighted by Gasteiger charge is 2.15. The van der Waals surface area contributed by atoms with E-state index in [1.54, 1.807) is 12.4 Å². The third-order valence-electron chi connectivity index (χ3n) is 2.95. The Bertz CT molecular complexity index is 315. The van der Waals surface area contributed by atoms with Crippen molar-refractivity contribution in [3.63, 3.8) is 0 Å². The molecule has 0 aliphatic heterocycles. The molecule has 0 aliphatic carbocycles. The molecule has 2 unspecified atom stereocenters. The topological polar surface area (TPSA) is 24.9 Å². The molecule has 0 saturated heterocycles. The van der Waals surface area contributed by atoms with Gasteiger partial charge in [-0.25, -0.2) is 0 Å². The highest BCUT2D eigenvalue weighted by atomic mass is 35.5. The van der Waals surface area contributed by atoms with E-state index in [1.807, 2.05) is 13.1 Å². The van der Waals surface area contributed by atoms with Crippen molar-refractivity contribution < 1.29 is 0 Å². The molecule has 1 aromatic rings. The summed E-state index contributed by atoms with van der Waals surface area (Å²) < 4.78 is 0. The standard InChI is InChI=1S/C13H21ClN2/c1-4-5-10(2)8-13(15-3)11-6-7-16-9-12(11)14/h6-7,9-10,13,15H,4-5,8H2,1-3H3. The van der Waals surface area contributed by atoms with E-state index >= 15 is 0 Å². The van der Waals surface area contributed by atoms with E-state index in [0.717, 1.165) is 17.0 Å². The Kier molecular flexibility index (Phi) is 5.78. The van der Waals surface area contributed by atoms with E-state index in [2.05, 4.69) is 24.1 Å². The second-order valence-corrected chi connectivity index (χ2v) is 4.78. The lowest BCUT2D eigenvalue weighted by Crippen LogP contribution is -2.19. The maximum atomic E-state index is 6.16. The van der Waals surface area contributed by atoms with E-state index < -0.39 is 0 Å². The Hall–Kier alpha value is -0.600. The highest BCUT2D eigenvalue weighted by molar-refractivity contribution is 6.31. The molecule has 0 amide bonds. The Morgan fingerprint density at radius 1 is 1.50 bits per heavy atom. The Balaban J connectivity index is 2.71. The van der Waals surface area contributed by atoms with Crippen molar-refractivity contribution >= 4 is 11.6 Å². The fourth-order valence-corrected chi connectivity index (χ4v) is 2.33. The lowest BCUT2D eigenvalue weighted by Gasteiger charge is -2.21. The molecule has 1 rings (SSSR count). The summed E-state index contributed by atoms with van der Waals surface area (Å²) in [5, 5.41) is 4.09. The van der Waals surface area contributed by atoms with Crippen molar-refractivity contribution in [2.45, 2.75) is 39.2 Å². The zero-order valence-corrected chi connectivity index (χ0v) is 11.1. The molecule has 1 heterocycles. The minimum atomic E-state index is 0.331. The molecule has 3 heteroatoms. The van der Waals surface area contributed by atoms with Gasteiger partial charge in [-0.3, -0.25) is 4.98 Å². The predicted octanol–water partition coefficient (Wildman–Crippen LogP) is 3.82. The zero-order chi connectivity index (χ0) is 12.0. The van der Waals surface area contributed by atoms with Gasteiger partial charge in [0, 0.05) is 18.4 Å². The lowest BCUT2D eigenvalue weighted by molar-refractivity contribution is 0.407. The average Bonchev–Trinajstić information content (AvgIpc) is 2.27. The number of pyridine rings is 1. The van der Waals surface area contributed by atoms with Crippen LogP contribution in [-0.4, -0.2) is 12.0 Å². The average molecular weight is 241 g/mol. The van der Waals surface area contributed by atoms with Crippen LogP contribution in [0.3, 0.4) is 0 Å². The minimum Gasteiger partial charge on any atom is -0.313 e. The van der Waals surface area contributed by atoms with Crippen LogP contribution in [0, 0.1) is 5.92 Å². The number of rotatable bonds is 6. The first-order chi connectivity index (χ1) is 7.69. The van der Waals surface area contributed by atoms with Gasteiger partial charge in [0.1, 0.15) is 0 Å². The first kappa shape index (κ1) is 13.5. The van der Waals surface area contributed by atoms with E-state index in [-0.39, 0.29) is 0 Å². The fraction of sp³-hybridized carbons (Fsp3) is 0.615. The smallest absolute Gasteiger partial charge is 0.0637 e. The number of hydrogen-bond acceptors (Lipinski definition) is 2. The summed E-state index contributed by atoms with van der Waals surface area (Å²) in [5.74, 6) is 0.715. The molecule has 0 bridgehead atoms. The van der Waals surface area contributed by atoms with Gasteiger partial charge < -0.3 is 5.32 Å². The third-order valence-corrected chi connectivity index (χ3v) is 3.26. The predicted molar refractivity (Wildman–Crippen MR) is 69.7 cm³/mol. The summed E-state index contributed by atoms with van der Waals surface area (Å²) in [5.41, 5.74) is 1.15. The van der Waals surface area contributed by atoms with Crippen LogP contribution in [0.15, 0.2) is 18.5 Å². The molecule has 0 aliphatic rings. The number of nitrogens with one attached hydrogen (secondary N) is 1. The zero-order valence-electron chi connectivity index (χ0n) is 10.3. The molecular weight excluding hydrogens is 220 g/mol. The van der Waals surface area contributed by atoms with E-state index in [4.69, 9.17) is 11.6 Å². The van der Waals surface area contributed by atoms with Crippen molar-refractivity contribution in [3.05, 3.63) is 29.0 Å². The van der Waals surface area contributed by atoms with Gasteiger partial charge in [-0.05, 0) is 31.0 Å². The van der Waals surface area contributed by atoms with Crippen LogP contribution in [0.1, 0.15) is 44.7 Å². The Morgan fingerprint density at radius 3 is 2.81 bits per heavy atom. The normalized spacial score (nSPS) is 14.8. The van der Waals surface area contributed by atoms with Crippen molar-refractivity contribution in [2.24, 2.45) is 5.92 Å². The van der Waals surface area contributed by atoms with E-state index in [0.29, 0.717) is 12.0 Å². The molecule has 16 heavy (non-hydrogen) atoms. The second kappa shape index (κ2) is 6.87. The first-order valence-electron chi connectivity index (χ1n) is 5.95. The number of nitrogens with zero attached hydrogens (tertiary/aromatic N) is 1. The Labute approximate surface area is 103 Å². The lowest BCUT2D eigenvalue weighted by atomic mass is 9.93. The van der Waals surface area contributed by atoms with Crippen LogP contribution in [0.5, 0.6) is 0 Å². The molecule has 0 spiro atoms. The van der Waals surface area contributed by atoms with E-state index in [9.17, 15) is 0 Å². The van der Waals surface area contributed by atoms with Gasteiger partial charge in [-0.2, -0.15) is 0 Å². The number of halogens is 1. The summed E-state index contributed by atoms with van der Waals surface area (Å²) >= 11 is 6.16. The van der Waals surface area contributed by atoms with Crippen molar-refractivity contribution in [1.29, 1.82) is 0 Å². The summed E-state index contributed by atoms with van der Waals surface area (Å²) in [6.45, 7) is 4.52. The minimum absolute atomic E-state index is 0.331. The van der Waals surface area contributed by atoms with Crippen LogP contribution in [0.2, 0.25) is 5.02 Å². The van der Waals surface area contributed by atoms with Crippen LogP contribution in [-0.2, 0) is 0 Å².